The first-order valence-electron chi connectivity index (χ1n) is 33.6. The molecule has 2 aliphatic heterocycles. The van der Waals surface area contributed by atoms with E-state index in [1.807, 2.05) is 78.9 Å². The van der Waals surface area contributed by atoms with E-state index in [1.54, 1.807) is 70.5 Å². The molecule has 16 heteroatoms. The van der Waals surface area contributed by atoms with Crippen LogP contribution in [-0.2, 0) is 33.0 Å². The highest BCUT2D eigenvalue weighted by atomic mass is 19.4. The van der Waals surface area contributed by atoms with Gasteiger partial charge in [-0.05, 0) is 199 Å². The van der Waals surface area contributed by atoms with Gasteiger partial charge in [-0.25, -0.2) is 0 Å². The second kappa shape index (κ2) is 26.6. The molecule has 500 valence electrons. The molecule has 0 atom stereocenters. The number of unbranched alkanes of at least 4 members (excludes halogenated alkanes) is 2. The maximum Gasteiger partial charge on any atom is 0.416 e. The smallest absolute Gasteiger partial charge is 0.416 e. The van der Waals surface area contributed by atoms with E-state index in [4.69, 9.17) is 28.4 Å². The van der Waals surface area contributed by atoms with Crippen molar-refractivity contribution in [2.75, 3.05) is 57.3 Å². The second-order valence-electron chi connectivity index (χ2n) is 27.0. The Balaban J connectivity index is 0.691. The van der Waals surface area contributed by atoms with Crippen molar-refractivity contribution in [3.05, 3.63) is 196 Å². The Bertz CT molecular complexity index is 4130. The monoisotopic (exact) mass is 1310 g/mol. The van der Waals surface area contributed by atoms with E-state index < -0.39 is 34.5 Å². The standard InChI is InChI=1S/C80H80F6N2O8/c1-7-8-9-10-49-11-13-50(14-12-49)51-15-17-52(18-16-51)53-23-31-62(32-24-53)94-75(89)54-19-21-55(22-20-54)76(90)95-63-37-29-59(30-38-63)87-41-43-88(44-42-87)69-47-65-66(48-70(69)93-6)74-64(73-71(65)67-45-58(79(81,82)83)46-68(80(84,85)86)72(67)77(73,2)3)39-40-78(96-74,56-25-33-60(91-4)34-26-56)57-27-35-61(92-5)36-28-57/h15-18,23-40,45-50,54-55H,7-14,19-22,41-44H2,1-6H3/t49-,50-,54?,55?. The Kier molecular flexibility index (Phi) is 18.2. The maximum absolute atomic E-state index is 15.4. The van der Waals surface area contributed by atoms with Gasteiger partial charge < -0.3 is 38.2 Å². The van der Waals surface area contributed by atoms with Crippen LogP contribution in [-0.4, -0.2) is 59.4 Å². The molecule has 3 aliphatic carbocycles. The van der Waals surface area contributed by atoms with Crippen molar-refractivity contribution in [2.45, 2.75) is 127 Å². The van der Waals surface area contributed by atoms with Gasteiger partial charge >= 0.3 is 24.3 Å². The highest BCUT2D eigenvalue weighted by Crippen LogP contribution is 2.62. The Hall–Kier alpha value is -8.92. The minimum atomic E-state index is -5.14. The zero-order valence-corrected chi connectivity index (χ0v) is 55.1. The van der Waals surface area contributed by atoms with Gasteiger partial charge in [0.15, 0.2) is 5.60 Å². The number of hydrogen-bond acceptors (Lipinski definition) is 10. The number of methoxy groups -OCH3 is 3. The van der Waals surface area contributed by atoms with Crippen LogP contribution >= 0.6 is 0 Å². The van der Waals surface area contributed by atoms with Crippen LogP contribution in [0.25, 0.3) is 39.1 Å². The lowest BCUT2D eigenvalue weighted by atomic mass is 9.75. The zero-order chi connectivity index (χ0) is 67.3. The summed E-state index contributed by atoms with van der Waals surface area (Å²) in [6.45, 7) is 7.48. The maximum atomic E-state index is 15.4. The fourth-order valence-corrected chi connectivity index (χ4v) is 15.7. The fourth-order valence-electron chi connectivity index (χ4n) is 15.7. The van der Waals surface area contributed by atoms with Crippen molar-refractivity contribution in [3.63, 3.8) is 0 Å². The number of benzene rings is 8. The van der Waals surface area contributed by atoms with Crippen LogP contribution in [0.15, 0.2) is 152 Å². The summed E-state index contributed by atoms with van der Waals surface area (Å²) >= 11 is 0. The summed E-state index contributed by atoms with van der Waals surface area (Å²) in [5, 5.41) is 0.819. The molecular weight excluding hydrogens is 1230 g/mol. The molecule has 8 aromatic rings. The van der Waals surface area contributed by atoms with Crippen molar-refractivity contribution in [3.8, 4) is 56.8 Å². The van der Waals surface area contributed by atoms with Gasteiger partial charge in [-0.1, -0.05) is 113 Å². The first-order valence-corrected chi connectivity index (χ1v) is 33.6. The van der Waals surface area contributed by atoms with E-state index in [2.05, 4.69) is 41.0 Å². The largest absolute Gasteiger partial charge is 0.497 e. The van der Waals surface area contributed by atoms with Crippen LogP contribution in [0.2, 0.25) is 0 Å². The van der Waals surface area contributed by atoms with Crippen LogP contribution in [0, 0.1) is 17.8 Å². The summed E-state index contributed by atoms with van der Waals surface area (Å²) in [7, 11) is 4.65. The van der Waals surface area contributed by atoms with E-state index in [-0.39, 0.29) is 46.5 Å². The summed E-state index contributed by atoms with van der Waals surface area (Å²) in [6.07, 6.45) is 5.95. The first-order chi connectivity index (χ1) is 46.2. The number of alkyl halides is 6. The van der Waals surface area contributed by atoms with Gasteiger partial charge in [0.2, 0.25) is 0 Å². The molecule has 8 aromatic carbocycles. The van der Waals surface area contributed by atoms with Crippen LogP contribution < -0.4 is 38.2 Å². The highest BCUT2D eigenvalue weighted by molar-refractivity contribution is 6.11. The van der Waals surface area contributed by atoms with E-state index >= 15 is 13.2 Å². The Labute approximate surface area is 557 Å². The average molecular weight is 1310 g/mol. The lowest BCUT2D eigenvalue weighted by molar-refractivity contribution is -0.145. The molecule has 0 bridgehead atoms. The molecule has 96 heavy (non-hydrogen) atoms. The molecule has 0 radical (unpaired) electrons. The second-order valence-corrected chi connectivity index (χ2v) is 27.0. The van der Waals surface area contributed by atoms with Crippen LogP contribution in [0.5, 0.6) is 34.5 Å². The molecule has 0 unspecified atom stereocenters. The quantitative estimate of drug-likeness (QED) is 0.0380. The summed E-state index contributed by atoms with van der Waals surface area (Å²) in [4.78, 5) is 31.3. The Morgan fingerprint density at radius 1 is 0.562 bits per heavy atom. The first kappa shape index (κ1) is 65.7. The summed E-state index contributed by atoms with van der Waals surface area (Å²) in [5.74, 6) is 2.98. The number of fused-ring (bicyclic) bond motifs is 8. The van der Waals surface area contributed by atoms with Crippen LogP contribution in [0.4, 0.5) is 37.7 Å². The van der Waals surface area contributed by atoms with Crippen LogP contribution in [0.1, 0.15) is 148 Å². The molecule has 0 N–H and O–H groups in total. The van der Waals surface area contributed by atoms with Crippen LogP contribution in [0.3, 0.4) is 0 Å². The number of carbonyl (C=O) groups is 2. The number of nitrogens with zero attached hydrogens (tertiary/aromatic N) is 2. The molecule has 1 saturated heterocycles. The normalized spacial score (nSPS) is 19.6. The predicted octanol–water partition coefficient (Wildman–Crippen LogP) is 19.7. The third-order valence-corrected chi connectivity index (χ3v) is 21.0. The van der Waals surface area contributed by atoms with Crippen molar-refractivity contribution >= 4 is 40.2 Å². The third kappa shape index (κ3) is 12.8. The number of esters is 2. The van der Waals surface area contributed by atoms with Crippen molar-refractivity contribution in [1.29, 1.82) is 0 Å². The summed E-state index contributed by atoms with van der Waals surface area (Å²) < 4.78 is 127. The third-order valence-electron chi connectivity index (χ3n) is 21.0. The van der Waals surface area contributed by atoms with Gasteiger partial charge in [-0.3, -0.25) is 9.59 Å². The number of rotatable bonds is 17. The van der Waals surface area contributed by atoms with Gasteiger partial charge in [0.25, 0.3) is 0 Å². The molecule has 2 saturated carbocycles. The van der Waals surface area contributed by atoms with Gasteiger partial charge in [0, 0.05) is 59.4 Å². The van der Waals surface area contributed by atoms with Crippen molar-refractivity contribution < 1.29 is 64.4 Å². The minimum Gasteiger partial charge on any atom is -0.497 e. The van der Waals surface area contributed by atoms with E-state index in [0.717, 1.165) is 28.8 Å². The van der Waals surface area contributed by atoms with E-state index in [0.29, 0.717) is 131 Å². The summed E-state index contributed by atoms with van der Waals surface area (Å²) in [6, 6.07) is 43.3. The molecule has 13 rings (SSSR count). The van der Waals surface area contributed by atoms with Gasteiger partial charge in [-0.15, -0.1) is 0 Å². The average Bonchev–Trinajstić information content (AvgIpc) is 1.49. The Morgan fingerprint density at radius 3 is 1.61 bits per heavy atom. The summed E-state index contributed by atoms with van der Waals surface area (Å²) in [5.41, 5.74) is 1.55. The topological polar surface area (TPSA) is 96.0 Å². The SMILES string of the molecule is CCCCC[C@H]1CC[C@H](c2ccc(-c3ccc(OC(=O)C4CCC(C(=O)Oc5ccc(N6CCN(c7cc8c9c(c%10c(c8cc7OC)OC(c7ccc(OC)cc7)(c7ccc(OC)cc7)C=C%10)C(C)(C)c7c-9cc(C(F)(F)F)cc7C(F)(F)F)CC6)cc5)CC4)cc3)cc2)CC1. The predicted molar refractivity (Wildman–Crippen MR) is 363 cm³/mol. The molecular formula is C80H80F6N2O8. The molecule has 3 fully saturated rings. The number of anilines is 2. The number of piperazine rings is 1. The minimum absolute atomic E-state index is 0.158. The molecule has 2 heterocycles. The van der Waals surface area contributed by atoms with Crippen molar-refractivity contribution in [2.24, 2.45) is 17.8 Å². The molecule has 0 amide bonds. The molecule has 0 spiro atoms. The molecule has 10 nitrogen and oxygen atoms in total. The molecule has 5 aliphatic rings. The number of halogens is 6. The lowest BCUT2D eigenvalue weighted by Crippen LogP contribution is -2.46. The molecule has 0 aromatic heterocycles. The van der Waals surface area contributed by atoms with Gasteiger partial charge in [-0.2, -0.15) is 26.3 Å². The van der Waals surface area contributed by atoms with Crippen molar-refractivity contribution in [1.82, 2.24) is 0 Å². The zero-order valence-electron chi connectivity index (χ0n) is 55.1. The van der Waals surface area contributed by atoms with E-state index in [1.165, 1.54) is 64.0 Å². The number of hydrogen-bond donors (Lipinski definition) is 0. The van der Waals surface area contributed by atoms with Gasteiger partial charge in [0.05, 0.1) is 50.0 Å². The van der Waals surface area contributed by atoms with E-state index in [9.17, 15) is 22.8 Å². The number of carbonyl (C=O) groups excluding carboxylic acids is 2. The Morgan fingerprint density at radius 2 is 1.09 bits per heavy atom. The highest BCUT2D eigenvalue weighted by Gasteiger charge is 2.51. The fraction of sp³-hybridized carbons (Fsp3) is 0.375. The van der Waals surface area contributed by atoms with Gasteiger partial charge in [0.1, 0.15) is 34.5 Å². The number of ether oxygens (including phenoxy) is 6. The lowest BCUT2D eigenvalue weighted by Gasteiger charge is -2.39.